The minimum atomic E-state index is -1.53. The molecule has 0 amide bonds. The molecule has 0 bridgehead atoms. The summed E-state index contributed by atoms with van der Waals surface area (Å²) in [6.07, 6.45) is 1.45. The fourth-order valence-electron chi connectivity index (χ4n) is 2.11. The summed E-state index contributed by atoms with van der Waals surface area (Å²) < 4.78 is 5.24. The monoisotopic (exact) mass is 289 g/mol. The summed E-state index contributed by atoms with van der Waals surface area (Å²) in [7, 11) is 0. The zero-order valence-electron chi connectivity index (χ0n) is 10.0. The first-order valence-corrected chi connectivity index (χ1v) is 6.08. The van der Waals surface area contributed by atoms with Crippen LogP contribution in [0.3, 0.4) is 0 Å². The highest BCUT2D eigenvalue weighted by Gasteiger charge is 2.25. The standard InChI is InChI=1S/C14H8ClNO4/c15-7-3-4-9-8(6-7)11(13(17)14(18)19)12(16-9)10-2-1-5-20-10/h1-6,16H,(H,18,19). The van der Waals surface area contributed by atoms with Crippen LogP contribution in [0.2, 0.25) is 5.02 Å². The van der Waals surface area contributed by atoms with Crippen LogP contribution in [0.5, 0.6) is 0 Å². The van der Waals surface area contributed by atoms with Crippen molar-refractivity contribution in [1.29, 1.82) is 0 Å². The predicted octanol–water partition coefficient (Wildman–Crippen LogP) is 3.35. The van der Waals surface area contributed by atoms with Crippen molar-refractivity contribution in [3.8, 4) is 11.5 Å². The second kappa shape index (κ2) is 4.54. The minimum absolute atomic E-state index is 0.0463. The number of Topliss-reactive ketones (excluding diaryl/α,β-unsaturated/α-hetero) is 1. The Morgan fingerprint density at radius 3 is 2.70 bits per heavy atom. The smallest absolute Gasteiger partial charge is 0.377 e. The number of ketones is 1. The van der Waals surface area contributed by atoms with E-state index in [1.807, 2.05) is 0 Å². The maximum absolute atomic E-state index is 11.9. The molecule has 0 unspecified atom stereocenters. The Morgan fingerprint density at radius 1 is 1.25 bits per heavy atom. The Labute approximate surface area is 117 Å². The third-order valence-electron chi connectivity index (χ3n) is 2.95. The van der Waals surface area contributed by atoms with E-state index in [4.69, 9.17) is 21.1 Å². The summed E-state index contributed by atoms with van der Waals surface area (Å²) in [6.45, 7) is 0. The molecule has 0 saturated carbocycles. The van der Waals surface area contributed by atoms with Gasteiger partial charge in [-0.05, 0) is 30.3 Å². The summed E-state index contributed by atoms with van der Waals surface area (Å²) >= 11 is 5.91. The normalized spacial score (nSPS) is 10.8. The minimum Gasteiger partial charge on any atom is -0.475 e. The summed E-state index contributed by atoms with van der Waals surface area (Å²) in [5, 5.41) is 9.85. The number of aromatic nitrogens is 1. The number of carbonyl (C=O) groups is 2. The first-order valence-electron chi connectivity index (χ1n) is 5.70. The topological polar surface area (TPSA) is 83.3 Å². The molecule has 20 heavy (non-hydrogen) atoms. The third-order valence-corrected chi connectivity index (χ3v) is 3.18. The van der Waals surface area contributed by atoms with Crippen molar-refractivity contribution in [3.63, 3.8) is 0 Å². The average molecular weight is 290 g/mol. The van der Waals surface area contributed by atoms with Gasteiger partial charge < -0.3 is 14.5 Å². The van der Waals surface area contributed by atoms with Gasteiger partial charge in [0.1, 0.15) is 0 Å². The number of furan rings is 1. The molecule has 100 valence electrons. The summed E-state index contributed by atoms with van der Waals surface area (Å²) in [5.74, 6) is -2.15. The van der Waals surface area contributed by atoms with Crippen LogP contribution in [-0.2, 0) is 4.79 Å². The molecule has 0 aliphatic heterocycles. The Bertz CT molecular complexity index is 817. The van der Waals surface area contributed by atoms with Crippen LogP contribution in [0.4, 0.5) is 0 Å². The van der Waals surface area contributed by atoms with E-state index in [1.54, 1.807) is 30.3 Å². The number of H-pyrrole nitrogens is 1. The Balaban J connectivity index is 2.37. The van der Waals surface area contributed by atoms with Crippen LogP contribution >= 0.6 is 11.6 Å². The Hall–Kier alpha value is -2.53. The number of carboxylic acid groups (broad SMARTS) is 1. The lowest BCUT2D eigenvalue weighted by Crippen LogP contribution is -2.13. The number of rotatable bonds is 3. The van der Waals surface area contributed by atoms with Gasteiger partial charge >= 0.3 is 5.97 Å². The lowest BCUT2D eigenvalue weighted by atomic mass is 10.1. The summed E-state index contributed by atoms with van der Waals surface area (Å²) in [4.78, 5) is 26.0. The van der Waals surface area contributed by atoms with Crippen molar-refractivity contribution in [2.45, 2.75) is 0 Å². The van der Waals surface area contributed by atoms with E-state index in [2.05, 4.69) is 4.98 Å². The zero-order valence-corrected chi connectivity index (χ0v) is 10.8. The van der Waals surface area contributed by atoms with E-state index in [0.717, 1.165) is 0 Å². The number of aliphatic carboxylic acids is 1. The maximum Gasteiger partial charge on any atom is 0.377 e. The van der Waals surface area contributed by atoms with Gasteiger partial charge in [0, 0.05) is 15.9 Å². The lowest BCUT2D eigenvalue weighted by molar-refractivity contribution is -0.131. The van der Waals surface area contributed by atoms with Gasteiger partial charge in [-0.2, -0.15) is 0 Å². The van der Waals surface area contributed by atoms with E-state index in [9.17, 15) is 9.59 Å². The van der Waals surface area contributed by atoms with Crippen LogP contribution in [0, 0.1) is 0 Å². The summed E-state index contributed by atoms with van der Waals surface area (Å²) in [5.41, 5.74) is 0.995. The second-order valence-corrected chi connectivity index (χ2v) is 4.61. The highest BCUT2D eigenvalue weighted by molar-refractivity contribution is 6.44. The fraction of sp³-hybridized carbons (Fsp3) is 0. The molecule has 3 aromatic rings. The van der Waals surface area contributed by atoms with Crippen LogP contribution < -0.4 is 0 Å². The van der Waals surface area contributed by atoms with Gasteiger partial charge in [0.2, 0.25) is 0 Å². The van der Waals surface area contributed by atoms with Gasteiger partial charge in [-0.1, -0.05) is 11.6 Å². The van der Waals surface area contributed by atoms with Crippen LogP contribution in [0.15, 0.2) is 41.0 Å². The first-order chi connectivity index (χ1) is 9.58. The number of nitrogens with one attached hydrogen (secondary N) is 1. The molecule has 2 heterocycles. The number of halogens is 1. The Morgan fingerprint density at radius 2 is 2.05 bits per heavy atom. The van der Waals surface area contributed by atoms with E-state index < -0.39 is 11.8 Å². The van der Waals surface area contributed by atoms with E-state index >= 15 is 0 Å². The molecule has 3 rings (SSSR count). The van der Waals surface area contributed by atoms with Crippen molar-refractivity contribution in [2.75, 3.05) is 0 Å². The largest absolute Gasteiger partial charge is 0.475 e. The van der Waals surface area contributed by atoms with Gasteiger partial charge in [0.05, 0.1) is 17.5 Å². The molecule has 5 nitrogen and oxygen atoms in total. The molecule has 2 aromatic heterocycles. The molecule has 0 aliphatic carbocycles. The van der Waals surface area contributed by atoms with E-state index in [0.29, 0.717) is 27.4 Å². The highest BCUT2D eigenvalue weighted by Crippen LogP contribution is 2.32. The average Bonchev–Trinajstić information content (AvgIpc) is 3.03. The molecule has 0 radical (unpaired) electrons. The van der Waals surface area contributed by atoms with Gasteiger partial charge in [-0.3, -0.25) is 4.79 Å². The molecular weight excluding hydrogens is 282 g/mol. The molecule has 0 spiro atoms. The van der Waals surface area contributed by atoms with Crippen molar-refractivity contribution >= 4 is 34.3 Å². The zero-order chi connectivity index (χ0) is 14.3. The van der Waals surface area contributed by atoms with Crippen molar-refractivity contribution < 1.29 is 19.1 Å². The van der Waals surface area contributed by atoms with Crippen molar-refractivity contribution in [3.05, 3.63) is 47.2 Å². The van der Waals surface area contributed by atoms with Crippen LogP contribution in [-0.4, -0.2) is 21.8 Å². The molecule has 2 N–H and O–H groups in total. The Kier molecular flexibility index (Phi) is 2.84. The second-order valence-electron chi connectivity index (χ2n) is 4.18. The van der Waals surface area contributed by atoms with Gasteiger partial charge in [-0.15, -0.1) is 0 Å². The molecule has 0 aliphatic rings. The number of carboxylic acids is 1. The van der Waals surface area contributed by atoms with Crippen molar-refractivity contribution in [1.82, 2.24) is 4.98 Å². The molecule has 0 fully saturated rings. The molecular formula is C14H8ClNO4. The number of aromatic amines is 1. The quantitative estimate of drug-likeness (QED) is 0.572. The number of hydrogen-bond acceptors (Lipinski definition) is 3. The molecule has 0 atom stereocenters. The number of hydrogen-bond donors (Lipinski definition) is 2. The van der Waals surface area contributed by atoms with Crippen LogP contribution in [0.25, 0.3) is 22.4 Å². The van der Waals surface area contributed by atoms with Gasteiger partial charge in [-0.25, -0.2) is 4.79 Å². The van der Waals surface area contributed by atoms with Crippen molar-refractivity contribution in [2.24, 2.45) is 0 Å². The fourth-order valence-corrected chi connectivity index (χ4v) is 2.28. The van der Waals surface area contributed by atoms with E-state index in [1.165, 1.54) is 6.26 Å². The third kappa shape index (κ3) is 1.88. The molecule has 1 aromatic carbocycles. The lowest BCUT2D eigenvalue weighted by Gasteiger charge is -1.98. The molecule has 6 heteroatoms. The van der Waals surface area contributed by atoms with E-state index in [-0.39, 0.29) is 5.56 Å². The van der Waals surface area contributed by atoms with Gasteiger partial charge in [0.25, 0.3) is 5.78 Å². The highest BCUT2D eigenvalue weighted by atomic mass is 35.5. The number of benzene rings is 1. The first kappa shape index (κ1) is 12.5. The summed E-state index contributed by atoms with van der Waals surface area (Å²) in [6, 6.07) is 8.19. The SMILES string of the molecule is O=C(O)C(=O)c1c(-c2ccco2)[nH]c2ccc(Cl)cc12. The number of fused-ring (bicyclic) bond motifs is 1. The van der Waals surface area contributed by atoms with Gasteiger partial charge in [0.15, 0.2) is 5.76 Å². The van der Waals surface area contributed by atoms with Crippen LogP contribution in [0.1, 0.15) is 10.4 Å². The predicted molar refractivity (Wildman–Crippen MR) is 73.0 cm³/mol. The maximum atomic E-state index is 11.9. The molecule has 0 saturated heterocycles. The number of carbonyl (C=O) groups excluding carboxylic acids is 1.